The van der Waals surface area contributed by atoms with Crippen LogP contribution in [0.3, 0.4) is 0 Å². The maximum absolute atomic E-state index is 2.36. The molecule has 1 heteroatoms. The van der Waals surface area contributed by atoms with Gasteiger partial charge in [0.15, 0.2) is 0 Å². The van der Waals surface area contributed by atoms with Crippen molar-refractivity contribution >= 4 is 53.1 Å². The van der Waals surface area contributed by atoms with Crippen LogP contribution < -0.4 is 0 Å². The van der Waals surface area contributed by atoms with Gasteiger partial charge in [-0.2, -0.15) is 0 Å². The summed E-state index contributed by atoms with van der Waals surface area (Å²) in [6.07, 6.45) is 1.09. The Kier molecular flexibility index (Phi) is 2.74. The highest BCUT2D eigenvalue weighted by Crippen LogP contribution is 2.40. The summed E-state index contributed by atoms with van der Waals surface area (Å²) in [7, 11) is 0. The summed E-state index contributed by atoms with van der Waals surface area (Å²) in [4.78, 5) is 0. The van der Waals surface area contributed by atoms with Crippen molar-refractivity contribution in [2.24, 2.45) is 0 Å². The molecule has 0 unspecified atom stereocenters. The summed E-state index contributed by atoms with van der Waals surface area (Å²) in [5, 5.41) is 8.17. The Morgan fingerprint density at radius 2 is 1.57 bits per heavy atom. The number of benzene rings is 4. The van der Waals surface area contributed by atoms with Crippen molar-refractivity contribution in [2.75, 3.05) is 0 Å². The fraction of sp³-hybridized carbons (Fsp3) is 0.0909. The third-order valence-corrected chi connectivity index (χ3v) is 6.05. The highest BCUT2D eigenvalue weighted by atomic mass is 32.1. The van der Waals surface area contributed by atoms with Gasteiger partial charge in [0.05, 0.1) is 0 Å². The molecule has 0 saturated carbocycles. The van der Waals surface area contributed by atoms with Gasteiger partial charge < -0.3 is 0 Å². The van der Waals surface area contributed by atoms with Crippen LogP contribution >= 0.6 is 11.3 Å². The van der Waals surface area contributed by atoms with Crippen molar-refractivity contribution in [2.45, 2.75) is 13.3 Å². The Labute approximate surface area is 139 Å². The summed E-state index contributed by atoms with van der Waals surface area (Å²) in [5.74, 6) is 0. The van der Waals surface area contributed by atoms with Crippen molar-refractivity contribution in [3.8, 4) is 0 Å². The Bertz CT molecular complexity index is 1190. The zero-order valence-electron chi connectivity index (χ0n) is 13.0. The average molecular weight is 312 g/mol. The van der Waals surface area contributed by atoms with Crippen molar-refractivity contribution in [3.05, 3.63) is 72.3 Å². The Hall–Kier alpha value is -2.38. The van der Waals surface area contributed by atoms with Gasteiger partial charge in [0.25, 0.3) is 0 Å². The van der Waals surface area contributed by atoms with Crippen LogP contribution in [0.1, 0.15) is 12.5 Å². The van der Waals surface area contributed by atoms with E-state index in [1.165, 1.54) is 47.3 Å². The maximum atomic E-state index is 2.36. The number of thiophene rings is 1. The molecule has 0 aliphatic rings. The Balaban J connectivity index is 2.03. The van der Waals surface area contributed by atoms with Gasteiger partial charge in [-0.05, 0) is 51.7 Å². The molecule has 23 heavy (non-hydrogen) atoms. The molecule has 0 nitrogen and oxygen atoms in total. The van der Waals surface area contributed by atoms with E-state index < -0.39 is 0 Å². The summed E-state index contributed by atoms with van der Waals surface area (Å²) in [6.45, 7) is 2.24. The monoisotopic (exact) mass is 312 g/mol. The van der Waals surface area contributed by atoms with Crippen LogP contribution in [0.5, 0.6) is 0 Å². The predicted octanol–water partition coefficient (Wildman–Crippen LogP) is 6.92. The van der Waals surface area contributed by atoms with Gasteiger partial charge in [-0.3, -0.25) is 0 Å². The highest BCUT2D eigenvalue weighted by molar-refractivity contribution is 7.26. The van der Waals surface area contributed by atoms with E-state index >= 15 is 0 Å². The molecule has 5 rings (SSSR count). The largest absolute Gasteiger partial charge is 0.135 e. The molecule has 110 valence electrons. The molecule has 0 spiro atoms. The normalized spacial score (nSPS) is 11.9. The lowest BCUT2D eigenvalue weighted by Gasteiger charge is -2.04. The van der Waals surface area contributed by atoms with Gasteiger partial charge in [-0.1, -0.05) is 55.5 Å². The number of hydrogen-bond donors (Lipinski definition) is 0. The number of aryl methyl sites for hydroxylation is 1. The summed E-state index contributed by atoms with van der Waals surface area (Å²) >= 11 is 1.93. The first-order valence-corrected chi connectivity index (χ1v) is 8.92. The third-order valence-electron chi connectivity index (χ3n) is 4.81. The van der Waals surface area contributed by atoms with Crippen LogP contribution in [0.2, 0.25) is 0 Å². The molecular weight excluding hydrogens is 296 g/mol. The first-order chi connectivity index (χ1) is 11.3. The molecule has 0 bridgehead atoms. The van der Waals surface area contributed by atoms with E-state index in [9.17, 15) is 0 Å². The standard InChI is InChI=1S/C22H16S/c1-2-14-8-5-9-18-21-19-13-16-7-4-3-6-15(16)12-17(19)10-11-20(21)23-22(14)18/h3-13H,2H2,1H3. The molecule has 1 heterocycles. The van der Waals surface area contributed by atoms with Crippen molar-refractivity contribution in [1.29, 1.82) is 0 Å². The minimum atomic E-state index is 1.09. The topological polar surface area (TPSA) is 0 Å². The minimum Gasteiger partial charge on any atom is -0.135 e. The van der Waals surface area contributed by atoms with E-state index in [1.807, 2.05) is 11.3 Å². The molecule has 0 amide bonds. The SMILES string of the molecule is CCc1cccc2c1sc1ccc3cc4ccccc4cc3c12. The van der Waals surface area contributed by atoms with Crippen LogP contribution in [0.4, 0.5) is 0 Å². The molecule has 4 aromatic carbocycles. The molecule has 0 aliphatic heterocycles. The van der Waals surface area contributed by atoms with Crippen LogP contribution in [0.15, 0.2) is 66.7 Å². The second-order valence-corrected chi connectivity index (χ2v) is 7.16. The smallest absolute Gasteiger partial charge is 0.0387 e. The lowest BCUT2D eigenvalue weighted by atomic mass is 9.99. The van der Waals surface area contributed by atoms with E-state index in [-0.39, 0.29) is 0 Å². The quantitative estimate of drug-likeness (QED) is 0.295. The zero-order valence-corrected chi connectivity index (χ0v) is 13.8. The molecule has 0 aliphatic carbocycles. The molecular formula is C22H16S. The average Bonchev–Trinajstić information content (AvgIpc) is 2.99. The van der Waals surface area contributed by atoms with Gasteiger partial charge >= 0.3 is 0 Å². The predicted molar refractivity (Wildman–Crippen MR) is 104 cm³/mol. The lowest BCUT2D eigenvalue weighted by molar-refractivity contribution is 1.16. The first kappa shape index (κ1) is 13.1. The van der Waals surface area contributed by atoms with Gasteiger partial charge in [0.1, 0.15) is 0 Å². The molecule has 5 aromatic rings. The van der Waals surface area contributed by atoms with Crippen molar-refractivity contribution in [3.63, 3.8) is 0 Å². The summed E-state index contributed by atoms with van der Waals surface area (Å²) < 4.78 is 2.84. The van der Waals surface area contributed by atoms with Crippen molar-refractivity contribution in [1.82, 2.24) is 0 Å². The highest BCUT2D eigenvalue weighted by Gasteiger charge is 2.11. The minimum absolute atomic E-state index is 1.09. The molecule has 0 saturated heterocycles. The number of hydrogen-bond acceptors (Lipinski definition) is 1. The molecule has 0 fully saturated rings. The van der Waals surface area contributed by atoms with Gasteiger partial charge in [0, 0.05) is 20.2 Å². The van der Waals surface area contributed by atoms with Crippen LogP contribution in [0.25, 0.3) is 41.7 Å². The molecule has 0 radical (unpaired) electrons. The third kappa shape index (κ3) is 1.83. The van der Waals surface area contributed by atoms with Crippen LogP contribution in [0, 0.1) is 0 Å². The zero-order chi connectivity index (χ0) is 15.4. The second-order valence-electron chi connectivity index (χ2n) is 6.11. The fourth-order valence-corrected chi connectivity index (χ4v) is 4.95. The summed E-state index contributed by atoms with van der Waals surface area (Å²) in [5.41, 5.74) is 1.46. The molecule has 0 atom stereocenters. The maximum Gasteiger partial charge on any atom is 0.0387 e. The fourth-order valence-electron chi connectivity index (χ4n) is 3.65. The lowest BCUT2D eigenvalue weighted by Crippen LogP contribution is -1.79. The van der Waals surface area contributed by atoms with Crippen LogP contribution in [-0.2, 0) is 6.42 Å². The van der Waals surface area contributed by atoms with E-state index in [0.717, 1.165) is 6.42 Å². The Morgan fingerprint density at radius 1 is 0.739 bits per heavy atom. The van der Waals surface area contributed by atoms with Gasteiger partial charge in [0.2, 0.25) is 0 Å². The number of fused-ring (bicyclic) bond motifs is 6. The molecule has 1 aromatic heterocycles. The second kappa shape index (κ2) is 4.81. The van der Waals surface area contributed by atoms with E-state index in [4.69, 9.17) is 0 Å². The van der Waals surface area contributed by atoms with Crippen molar-refractivity contribution < 1.29 is 0 Å². The van der Waals surface area contributed by atoms with Gasteiger partial charge in [-0.15, -0.1) is 11.3 Å². The summed E-state index contributed by atoms with van der Waals surface area (Å²) in [6, 6.07) is 24.6. The first-order valence-electron chi connectivity index (χ1n) is 8.11. The number of rotatable bonds is 1. The van der Waals surface area contributed by atoms with Gasteiger partial charge in [-0.25, -0.2) is 0 Å². The van der Waals surface area contributed by atoms with E-state index in [1.54, 1.807) is 0 Å². The van der Waals surface area contributed by atoms with E-state index in [0.29, 0.717) is 0 Å². The molecule has 0 N–H and O–H groups in total. The van der Waals surface area contributed by atoms with E-state index in [2.05, 4.69) is 73.7 Å². The Morgan fingerprint density at radius 3 is 2.39 bits per heavy atom. The van der Waals surface area contributed by atoms with Crippen LogP contribution in [-0.4, -0.2) is 0 Å².